The average molecular weight is 219 g/mol. The number of carbonyl (C=O) groups excluding carboxylic acids is 1. The van der Waals surface area contributed by atoms with E-state index in [4.69, 9.17) is 0 Å². The molecule has 1 atom stereocenters. The van der Waals surface area contributed by atoms with Crippen LogP contribution in [-0.2, 0) is 11.2 Å². The molecule has 1 unspecified atom stereocenters. The number of phenolic OH excluding ortho intramolecular Hbond substituents is 1. The van der Waals surface area contributed by atoms with Gasteiger partial charge < -0.3 is 10.0 Å². The van der Waals surface area contributed by atoms with Crippen LogP contribution in [0.1, 0.15) is 30.5 Å². The molecule has 1 aromatic rings. The van der Waals surface area contributed by atoms with Crippen molar-refractivity contribution in [1.82, 2.24) is 0 Å². The second kappa shape index (κ2) is 3.51. The number of nitrogens with zero attached hydrogens (tertiary/aromatic N) is 1. The van der Waals surface area contributed by atoms with Gasteiger partial charge in [-0.05, 0) is 49.9 Å². The molecular formula is C13H17NO2. The normalized spacial score (nSPS) is 18.8. The number of benzene rings is 1. The van der Waals surface area contributed by atoms with E-state index in [1.165, 1.54) is 0 Å². The van der Waals surface area contributed by atoms with E-state index in [-0.39, 0.29) is 11.9 Å². The van der Waals surface area contributed by atoms with Crippen molar-refractivity contribution < 1.29 is 9.90 Å². The molecule has 86 valence electrons. The van der Waals surface area contributed by atoms with Gasteiger partial charge in [0.2, 0.25) is 5.91 Å². The smallest absolute Gasteiger partial charge is 0.224 e. The molecular weight excluding hydrogens is 202 g/mol. The third kappa shape index (κ3) is 1.39. The Balaban J connectivity index is 2.67. The summed E-state index contributed by atoms with van der Waals surface area (Å²) in [6.07, 6.45) is 0.829. The number of rotatable bonds is 0. The Morgan fingerprint density at radius 2 is 2.12 bits per heavy atom. The van der Waals surface area contributed by atoms with Crippen molar-refractivity contribution in [1.29, 1.82) is 0 Å². The molecule has 0 fully saturated rings. The van der Waals surface area contributed by atoms with E-state index < -0.39 is 0 Å². The molecule has 1 heterocycles. The molecule has 0 aromatic heterocycles. The molecule has 0 saturated heterocycles. The van der Waals surface area contributed by atoms with Crippen molar-refractivity contribution in [2.45, 2.75) is 40.2 Å². The molecule has 3 nitrogen and oxygen atoms in total. The second-order valence-corrected chi connectivity index (χ2v) is 4.61. The minimum absolute atomic E-state index is 0.0689. The second-order valence-electron chi connectivity index (χ2n) is 4.61. The first kappa shape index (κ1) is 11.0. The van der Waals surface area contributed by atoms with E-state index in [1.807, 2.05) is 25.7 Å². The summed E-state index contributed by atoms with van der Waals surface area (Å²) in [5, 5.41) is 9.77. The Morgan fingerprint density at radius 1 is 1.50 bits per heavy atom. The molecule has 0 radical (unpaired) electrons. The van der Waals surface area contributed by atoms with Gasteiger partial charge in [0.05, 0.1) is 5.69 Å². The first-order chi connectivity index (χ1) is 7.43. The lowest BCUT2D eigenvalue weighted by Gasteiger charge is -2.22. The molecule has 0 spiro atoms. The molecule has 16 heavy (non-hydrogen) atoms. The Bertz CT molecular complexity index is 465. The maximum absolute atomic E-state index is 11.6. The Morgan fingerprint density at radius 3 is 2.69 bits per heavy atom. The zero-order valence-electron chi connectivity index (χ0n) is 10.2. The number of hydrogen-bond donors (Lipinski definition) is 1. The highest BCUT2D eigenvalue weighted by molar-refractivity contribution is 5.96. The van der Waals surface area contributed by atoms with Gasteiger partial charge in [-0.3, -0.25) is 4.79 Å². The summed E-state index contributed by atoms with van der Waals surface area (Å²) >= 11 is 0. The number of amides is 1. The van der Waals surface area contributed by atoms with Crippen molar-refractivity contribution in [2.24, 2.45) is 0 Å². The highest BCUT2D eigenvalue weighted by Gasteiger charge is 2.32. The topological polar surface area (TPSA) is 40.5 Å². The largest absolute Gasteiger partial charge is 0.508 e. The Labute approximate surface area is 95.7 Å². The highest BCUT2D eigenvalue weighted by Crippen LogP contribution is 2.40. The molecule has 3 heteroatoms. The number of aryl methyl sites for hydroxylation is 1. The van der Waals surface area contributed by atoms with Crippen LogP contribution in [0.3, 0.4) is 0 Å². The van der Waals surface area contributed by atoms with Gasteiger partial charge in [0.15, 0.2) is 0 Å². The van der Waals surface area contributed by atoms with Crippen LogP contribution < -0.4 is 4.90 Å². The molecule has 2 rings (SSSR count). The third-order valence-corrected chi connectivity index (χ3v) is 3.37. The summed E-state index contributed by atoms with van der Waals surface area (Å²) in [5.41, 5.74) is 3.98. The average Bonchev–Trinajstić information content (AvgIpc) is 2.52. The van der Waals surface area contributed by atoms with Gasteiger partial charge in [-0.2, -0.15) is 0 Å². The van der Waals surface area contributed by atoms with Crippen LogP contribution in [0.4, 0.5) is 5.69 Å². The number of anilines is 1. The third-order valence-electron chi connectivity index (χ3n) is 3.37. The van der Waals surface area contributed by atoms with E-state index in [9.17, 15) is 9.90 Å². The van der Waals surface area contributed by atoms with Gasteiger partial charge in [0.1, 0.15) is 5.75 Å². The molecule has 1 aliphatic rings. The summed E-state index contributed by atoms with van der Waals surface area (Å²) in [4.78, 5) is 13.5. The Hall–Kier alpha value is -1.51. The molecule has 1 amide bonds. The van der Waals surface area contributed by atoms with Crippen LogP contribution in [0.2, 0.25) is 0 Å². The van der Waals surface area contributed by atoms with E-state index in [1.54, 1.807) is 13.0 Å². The number of aromatic hydroxyl groups is 1. The summed E-state index contributed by atoms with van der Waals surface area (Å²) in [6, 6.07) is 1.92. The molecule has 0 bridgehead atoms. The molecule has 0 aliphatic carbocycles. The number of hydrogen-bond acceptors (Lipinski definition) is 2. The standard InChI is InChI=1S/C13H17NO2/c1-7-5-12(16)9(3)11-6-8(2)14(10(4)15)13(7)11/h5,8,16H,6H2,1-4H3. The maximum Gasteiger partial charge on any atom is 0.224 e. The quantitative estimate of drug-likeness (QED) is 0.727. The van der Waals surface area contributed by atoms with Gasteiger partial charge in [-0.1, -0.05) is 0 Å². The number of carbonyl (C=O) groups is 1. The summed E-state index contributed by atoms with van der Waals surface area (Å²) in [7, 11) is 0. The van der Waals surface area contributed by atoms with Crippen LogP contribution in [0.15, 0.2) is 6.07 Å². The van der Waals surface area contributed by atoms with Crippen molar-refractivity contribution in [3.63, 3.8) is 0 Å². The van der Waals surface area contributed by atoms with Crippen molar-refractivity contribution in [2.75, 3.05) is 4.90 Å². The first-order valence-corrected chi connectivity index (χ1v) is 5.55. The van der Waals surface area contributed by atoms with Gasteiger partial charge in [0.25, 0.3) is 0 Å². The number of phenols is 1. The SMILES string of the molecule is CC(=O)N1c2c(C)cc(O)c(C)c2CC1C. The van der Waals surface area contributed by atoms with E-state index in [2.05, 4.69) is 0 Å². The molecule has 1 aliphatic heterocycles. The van der Waals surface area contributed by atoms with Gasteiger partial charge in [-0.25, -0.2) is 0 Å². The predicted octanol–water partition coefficient (Wildman–Crippen LogP) is 2.31. The monoisotopic (exact) mass is 219 g/mol. The van der Waals surface area contributed by atoms with E-state index >= 15 is 0 Å². The lowest BCUT2D eigenvalue weighted by molar-refractivity contribution is -0.116. The highest BCUT2D eigenvalue weighted by atomic mass is 16.3. The van der Waals surface area contributed by atoms with Crippen molar-refractivity contribution in [3.05, 3.63) is 22.8 Å². The molecule has 1 N–H and O–H groups in total. The van der Waals surface area contributed by atoms with Crippen LogP contribution >= 0.6 is 0 Å². The van der Waals surface area contributed by atoms with E-state index in [0.717, 1.165) is 28.8 Å². The van der Waals surface area contributed by atoms with Crippen LogP contribution in [0.25, 0.3) is 0 Å². The maximum atomic E-state index is 11.6. The Kier molecular flexibility index (Phi) is 2.41. The van der Waals surface area contributed by atoms with Gasteiger partial charge in [-0.15, -0.1) is 0 Å². The van der Waals surface area contributed by atoms with Crippen molar-refractivity contribution in [3.8, 4) is 5.75 Å². The summed E-state index contributed by atoms with van der Waals surface area (Å²) in [6.45, 7) is 7.47. The molecule has 1 aromatic carbocycles. The van der Waals surface area contributed by atoms with Gasteiger partial charge >= 0.3 is 0 Å². The fourth-order valence-corrected chi connectivity index (χ4v) is 2.61. The lowest BCUT2D eigenvalue weighted by Crippen LogP contribution is -2.33. The van der Waals surface area contributed by atoms with Crippen LogP contribution in [0, 0.1) is 13.8 Å². The van der Waals surface area contributed by atoms with Crippen LogP contribution in [-0.4, -0.2) is 17.1 Å². The molecule has 0 saturated carbocycles. The predicted molar refractivity (Wildman–Crippen MR) is 63.9 cm³/mol. The van der Waals surface area contributed by atoms with Gasteiger partial charge in [0, 0.05) is 13.0 Å². The number of fused-ring (bicyclic) bond motifs is 1. The van der Waals surface area contributed by atoms with Crippen molar-refractivity contribution >= 4 is 11.6 Å². The first-order valence-electron chi connectivity index (χ1n) is 5.55. The summed E-state index contributed by atoms with van der Waals surface area (Å²) < 4.78 is 0. The lowest BCUT2D eigenvalue weighted by atomic mass is 10.0. The fraction of sp³-hybridized carbons (Fsp3) is 0.462. The minimum atomic E-state index is 0.0689. The fourth-order valence-electron chi connectivity index (χ4n) is 2.61. The summed E-state index contributed by atoms with van der Waals surface area (Å²) in [5.74, 6) is 0.397. The zero-order valence-corrected chi connectivity index (χ0v) is 10.2. The van der Waals surface area contributed by atoms with Crippen LogP contribution in [0.5, 0.6) is 5.75 Å². The minimum Gasteiger partial charge on any atom is -0.508 e. The zero-order chi connectivity index (χ0) is 12.0. The van der Waals surface area contributed by atoms with E-state index in [0.29, 0.717) is 5.75 Å².